The van der Waals surface area contributed by atoms with Gasteiger partial charge in [-0.05, 0) is 53.3 Å². The standard InChI is InChI=1S/C17H18FN/c1-12-11-19-9-8-14-2-3-15(10-17(12)14)13-4-6-16(18)7-5-13/h2-7,10,12,19H,8-9,11H2,1H3/t12-/m0/s1. The van der Waals surface area contributed by atoms with E-state index in [-0.39, 0.29) is 5.82 Å². The monoisotopic (exact) mass is 255 g/mol. The van der Waals surface area contributed by atoms with Crippen molar-refractivity contribution in [3.05, 3.63) is 59.4 Å². The molecule has 0 amide bonds. The number of halogens is 1. The Morgan fingerprint density at radius 1 is 1.05 bits per heavy atom. The van der Waals surface area contributed by atoms with Crippen molar-refractivity contribution in [3.8, 4) is 11.1 Å². The highest BCUT2D eigenvalue weighted by molar-refractivity contribution is 5.65. The van der Waals surface area contributed by atoms with E-state index in [1.54, 1.807) is 0 Å². The normalized spacial score (nSPS) is 18.7. The van der Waals surface area contributed by atoms with E-state index in [0.29, 0.717) is 5.92 Å². The first-order chi connectivity index (χ1) is 9.24. The molecule has 19 heavy (non-hydrogen) atoms. The second-order valence-electron chi connectivity index (χ2n) is 5.28. The molecule has 0 unspecified atom stereocenters. The lowest BCUT2D eigenvalue weighted by Gasteiger charge is -2.14. The summed E-state index contributed by atoms with van der Waals surface area (Å²) in [5, 5.41) is 3.46. The Kier molecular flexibility index (Phi) is 3.34. The minimum absolute atomic E-state index is 0.184. The molecule has 1 aliphatic rings. The molecule has 1 nitrogen and oxygen atoms in total. The SMILES string of the molecule is C[C@H]1CNCCc2ccc(-c3ccc(F)cc3)cc21. The lowest BCUT2D eigenvalue weighted by Crippen LogP contribution is -2.18. The molecule has 0 spiro atoms. The van der Waals surface area contributed by atoms with E-state index in [1.165, 1.54) is 28.8 Å². The van der Waals surface area contributed by atoms with Crippen LogP contribution in [0.5, 0.6) is 0 Å². The fourth-order valence-electron chi connectivity index (χ4n) is 2.75. The van der Waals surface area contributed by atoms with E-state index in [9.17, 15) is 4.39 Å². The maximum absolute atomic E-state index is 13.0. The Morgan fingerprint density at radius 3 is 2.58 bits per heavy atom. The third-order valence-electron chi connectivity index (χ3n) is 3.88. The summed E-state index contributed by atoms with van der Waals surface area (Å²) in [5.41, 5.74) is 5.11. The van der Waals surface area contributed by atoms with Crippen LogP contribution in [0.4, 0.5) is 4.39 Å². The van der Waals surface area contributed by atoms with Crippen molar-refractivity contribution in [1.82, 2.24) is 5.32 Å². The van der Waals surface area contributed by atoms with Crippen molar-refractivity contribution < 1.29 is 4.39 Å². The summed E-state index contributed by atoms with van der Waals surface area (Å²) in [5.74, 6) is 0.342. The zero-order valence-electron chi connectivity index (χ0n) is 11.1. The molecule has 1 atom stereocenters. The Balaban J connectivity index is 2.02. The van der Waals surface area contributed by atoms with Gasteiger partial charge in [-0.25, -0.2) is 4.39 Å². The molecule has 2 aromatic rings. The molecule has 0 bridgehead atoms. The second-order valence-corrected chi connectivity index (χ2v) is 5.28. The highest BCUT2D eigenvalue weighted by Gasteiger charge is 2.15. The fraction of sp³-hybridized carbons (Fsp3) is 0.294. The molecule has 0 saturated carbocycles. The summed E-state index contributed by atoms with van der Waals surface area (Å²) in [6.45, 7) is 4.33. The average molecular weight is 255 g/mol. The molecule has 0 fully saturated rings. The summed E-state index contributed by atoms with van der Waals surface area (Å²) in [7, 11) is 0. The van der Waals surface area contributed by atoms with Crippen LogP contribution in [0.25, 0.3) is 11.1 Å². The molecule has 0 saturated heterocycles. The van der Waals surface area contributed by atoms with Gasteiger partial charge in [-0.15, -0.1) is 0 Å². The summed E-state index contributed by atoms with van der Waals surface area (Å²) >= 11 is 0. The highest BCUT2D eigenvalue weighted by atomic mass is 19.1. The zero-order valence-corrected chi connectivity index (χ0v) is 11.1. The van der Waals surface area contributed by atoms with Gasteiger partial charge in [0.1, 0.15) is 5.82 Å². The topological polar surface area (TPSA) is 12.0 Å². The Morgan fingerprint density at radius 2 is 1.79 bits per heavy atom. The maximum atomic E-state index is 13.0. The maximum Gasteiger partial charge on any atom is 0.123 e. The van der Waals surface area contributed by atoms with Crippen LogP contribution >= 0.6 is 0 Å². The van der Waals surface area contributed by atoms with Gasteiger partial charge in [0.05, 0.1) is 0 Å². The van der Waals surface area contributed by atoms with Gasteiger partial charge in [-0.2, -0.15) is 0 Å². The molecule has 1 N–H and O–H groups in total. The smallest absolute Gasteiger partial charge is 0.123 e. The molecular formula is C17H18FN. The minimum atomic E-state index is -0.184. The van der Waals surface area contributed by atoms with Crippen LogP contribution in [-0.4, -0.2) is 13.1 Å². The van der Waals surface area contributed by atoms with Crippen LogP contribution in [-0.2, 0) is 6.42 Å². The van der Waals surface area contributed by atoms with Crippen molar-refractivity contribution in [2.45, 2.75) is 19.3 Å². The van der Waals surface area contributed by atoms with Gasteiger partial charge < -0.3 is 5.32 Å². The molecule has 1 aliphatic heterocycles. The Labute approximate surface area is 113 Å². The van der Waals surface area contributed by atoms with Gasteiger partial charge in [0, 0.05) is 6.54 Å². The summed E-state index contributed by atoms with van der Waals surface area (Å²) in [6, 6.07) is 13.4. The summed E-state index contributed by atoms with van der Waals surface area (Å²) in [4.78, 5) is 0. The number of benzene rings is 2. The summed E-state index contributed by atoms with van der Waals surface area (Å²) in [6.07, 6.45) is 1.09. The number of hydrogen-bond donors (Lipinski definition) is 1. The molecule has 0 radical (unpaired) electrons. The van der Waals surface area contributed by atoms with Crippen molar-refractivity contribution >= 4 is 0 Å². The Bertz CT molecular complexity index is 574. The van der Waals surface area contributed by atoms with Crippen molar-refractivity contribution in [1.29, 1.82) is 0 Å². The van der Waals surface area contributed by atoms with Gasteiger partial charge in [0.2, 0.25) is 0 Å². The van der Waals surface area contributed by atoms with Crippen LogP contribution in [0.1, 0.15) is 24.0 Å². The lowest BCUT2D eigenvalue weighted by molar-refractivity contribution is 0.628. The van der Waals surface area contributed by atoms with Crippen molar-refractivity contribution in [2.75, 3.05) is 13.1 Å². The molecule has 98 valence electrons. The molecule has 2 heteroatoms. The van der Waals surface area contributed by atoms with Crippen molar-refractivity contribution in [2.24, 2.45) is 0 Å². The molecule has 2 aromatic carbocycles. The van der Waals surface area contributed by atoms with E-state index in [4.69, 9.17) is 0 Å². The molecule has 3 rings (SSSR count). The van der Waals surface area contributed by atoms with Crippen LogP contribution in [0, 0.1) is 5.82 Å². The predicted molar refractivity (Wildman–Crippen MR) is 76.8 cm³/mol. The first kappa shape index (κ1) is 12.4. The number of hydrogen-bond acceptors (Lipinski definition) is 1. The number of fused-ring (bicyclic) bond motifs is 1. The molecular weight excluding hydrogens is 237 g/mol. The molecule has 0 aliphatic carbocycles. The largest absolute Gasteiger partial charge is 0.316 e. The van der Waals surface area contributed by atoms with E-state index in [1.807, 2.05) is 12.1 Å². The quantitative estimate of drug-likeness (QED) is 0.818. The molecule has 0 aromatic heterocycles. The first-order valence-corrected chi connectivity index (χ1v) is 6.83. The van der Waals surface area contributed by atoms with E-state index >= 15 is 0 Å². The lowest BCUT2D eigenvalue weighted by atomic mass is 9.91. The second kappa shape index (κ2) is 5.14. The van der Waals surface area contributed by atoms with E-state index in [0.717, 1.165) is 25.1 Å². The first-order valence-electron chi connectivity index (χ1n) is 6.83. The van der Waals surface area contributed by atoms with Crippen LogP contribution in [0.2, 0.25) is 0 Å². The minimum Gasteiger partial charge on any atom is -0.316 e. The van der Waals surface area contributed by atoms with Crippen LogP contribution in [0.3, 0.4) is 0 Å². The van der Waals surface area contributed by atoms with Gasteiger partial charge in [-0.3, -0.25) is 0 Å². The average Bonchev–Trinajstić information content (AvgIpc) is 2.62. The van der Waals surface area contributed by atoms with Crippen molar-refractivity contribution in [3.63, 3.8) is 0 Å². The van der Waals surface area contributed by atoms with Gasteiger partial charge in [0.15, 0.2) is 0 Å². The van der Waals surface area contributed by atoms with E-state index < -0.39 is 0 Å². The molecule has 1 heterocycles. The third-order valence-corrected chi connectivity index (χ3v) is 3.88. The highest BCUT2D eigenvalue weighted by Crippen LogP contribution is 2.28. The fourth-order valence-corrected chi connectivity index (χ4v) is 2.75. The number of nitrogens with one attached hydrogen (secondary N) is 1. The van der Waals surface area contributed by atoms with Gasteiger partial charge in [0.25, 0.3) is 0 Å². The van der Waals surface area contributed by atoms with Gasteiger partial charge >= 0.3 is 0 Å². The zero-order chi connectivity index (χ0) is 13.2. The third kappa shape index (κ3) is 2.54. The van der Waals surface area contributed by atoms with Crippen LogP contribution < -0.4 is 5.32 Å². The summed E-state index contributed by atoms with van der Waals surface area (Å²) < 4.78 is 13.0. The predicted octanol–water partition coefficient (Wildman–Crippen LogP) is 3.74. The Hall–Kier alpha value is -1.67. The van der Waals surface area contributed by atoms with E-state index in [2.05, 4.69) is 30.4 Å². The van der Waals surface area contributed by atoms with Crippen LogP contribution in [0.15, 0.2) is 42.5 Å². The number of rotatable bonds is 1. The van der Waals surface area contributed by atoms with Gasteiger partial charge in [-0.1, -0.05) is 37.3 Å².